The monoisotopic (exact) mass is 240 g/mol. The van der Waals surface area contributed by atoms with E-state index in [4.69, 9.17) is 9.47 Å². The van der Waals surface area contributed by atoms with Gasteiger partial charge in [-0.1, -0.05) is 0 Å². The summed E-state index contributed by atoms with van der Waals surface area (Å²) in [6.45, 7) is 6.19. The van der Waals surface area contributed by atoms with Crippen LogP contribution in [-0.4, -0.2) is 19.0 Å². The van der Waals surface area contributed by atoms with Crippen molar-refractivity contribution in [1.29, 1.82) is 0 Å². The molecule has 0 heterocycles. The summed E-state index contributed by atoms with van der Waals surface area (Å²) in [5.74, 6) is 0.709. The van der Waals surface area contributed by atoms with E-state index in [0.29, 0.717) is 12.4 Å². The van der Waals surface area contributed by atoms with Gasteiger partial charge < -0.3 is 9.47 Å². The number of carbonyl (C=O) groups is 1. The summed E-state index contributed by atoms with van der Waals surface area (Å²) >= 11 is 1.06. The van der Waals surface area contributed by atoms with Gasteiger partial charge in [0.15, 0.2) is 0 Å². The van der Waals surface area contributed by atoms with Crippen LogP contribution in [0.4, 0.5) is 4.79 Å². The molecular weight excluding hydrogens is 224 g/mol. The second kappa shape index (κ2) is 5.80. The summed E-state index contributed by atoms with van der Waals surface area (Å²) in [4.78, 5) is 12.2. The van der Waals surface area contributed by atoms with Gasteiger partial charge in [-0.25, -0.2) is 4.79 Å². The van der Waals surface area contributed by atoms with E-state index in [2.05, 4.69) is 0 Å². The molecule has 3 nitrogen and oxygen atoms in total. The SMILES string of the molecule is CCOC(=O)Sc1cc(C)c(C)cc1OC. The number of hydrogen-bond donors (Lipinski definition) is 0. The van der Waals surface area contributed by atoms with E-state index in [1.165, 1.54) is 0 Å². The molecule has 4 heteroatoms. The minimum Gasteiger partial charge on any atom is -0.496 e. The second-order valence-corrected chi connectivity index (χ2v) is 4.35. The molecule has 0 aliphatic heterocycles. The number of hydrogen-bond acceptors (Lipinski definition) is 4. The van der Waals surface area contributed by atoms with Crippen LogP contribution in [0.25, 0.3) is 0 Å². The van der Waals surface area contributed by atoms with Gasteiger partial charge in [0.1, 0.15) is 5.75 Å². The summed E-state index contributed by atoms with van der Waals surface area (Å²) in [5, 5.41) is -0.302. The third kappa shape index (κ3) is 3.17. The lowest BCUT2D eigenvalue weighted by molar-refractivity contribution is 0.181. The Labute approximate surface area is 100 Å². The Morgan fingerprint density at radius 3 is 2.50 bits per heavy atom. The number of carbonyl (C=O) groups excluding carboxylic acids is 1. The maximum absolute atomic E-state index is 11.4. The fourth-order valence-corrected chi connectivity index (χ4v) is 2.07. The van der Waals surface area contributed by atoms with Crippen molar-refractivity contribution < 1.29 is 14.3 Å². The summed E-state index contributed by atoms with van der Waals surface area (Å²) in [6, 6.07) is 3.87. The number of rotatable bonds is 3. The van der Waals surface area contributed by atoms with E-state index in [1.807, 2.05) is 26.0 Å². The van der Waals surface area contributed by atoms with Crippen molar-refractivity contribution in [1.82, 2.24) is 0 Å². The van der Waals surface area contributed by atoms with Crippen molar-refractivity contribution >= 4 is 17.1 Å². The van der Waals surface area contributed by atoms with E-state index >= 15 is 0 Å². The third-order valence-electron chi connectivity index (χ3n) is 2.24. The van der Waals surface area contributed by atoms with E-state index in [1.54, 1.807) is 14.0 Å². The summed E-state index contributed by atoms with van der Waals surface area (Å²) in [5.41, 5.74) is 2.28. The van der Waals surface area contributed by atoms with Crippen LogP contribution in [0, 0.1) is 13.8 Å². The van der Waals surface area contributed by atoms with Crippen LogP contribution >= 0.6 is 11.8 Å². The number of methoxy groups -OCH3 is 1. The molecule has 0 aromatic heterocycles. The van der Waals surface area contributed by atoms with Gasteiger partial charge in [-0.2, -0.15) is 0 Å². The summed E-state index contributed by atoms with van der Waals surface area (Å²) < 4.78 is 10.1. The molecule has 1 aromatic carbocycles. The predicted molar refractivity (Wildman–Crippen MR) is 65.3 cm³/mol. The lowest BCUT2D eigenvalue weighted by Gasteiger charge is -2.10. The zero-order valence-electron chi connectivity index (χ0n) is 9.99. The van der Waals surface area contributed by atoms with Crippen molar-refractivity contribution in [2.24, 2.45) is 0 Å². The molecule has 0 saturated heterocycles. The number of ether oxygens (including phenoxy) is 2. The Morgan fingerprint density at radius 1 is 1.31 bits per heavy atom. The molecular formula is C12H16O3S. The van der Waals surface area contributed by atoms with Crippen LogP contribution < -0.4 is 4.74 Å². The zero-order valence-corrected chi connectivity index (χ0v) is 10.8. The van der Waals surface area contributed by atoms with E-state index < -0.39 is 0 Å². The molecule has 0 N–H and O–H groups in total. The Balaban J connectivity index is 2.94. The minimum absolute atomic E-state index is 0.302. The highest BCUT2D eigenvalue weighted by Crippen LogP contribution is 2.32. The standard InChI is InChI=1S/C12H16O3S/c1-5-15-12(13)16-11-7-9(3)8(2)6-10(11)14-4/h6-7H,5H2,1-4H3. The maximum Gasteiger partial charge on any atom is 0.372 e. The van der Waals surface area contributed by atoms with Crippen LogP contribution in [-0.2, 0) is 4.74 Å². The van der Waals surface area contributed by atoms with E-state index in [-0.39, 0.29) is 5.30 Å². The average molecular weight is 240 g/mol. The van der Waals surface area contributed by atoms with E-state index in [9.17, 15) is 4.79 Å². The molecule has 0 fully saturated rings. The molecule has 0 unspecified atom stereocenters. The normalized spacial score (nSPS) is 10.0. The first kappa shape index (κ1) is 12.9. The van der Waals surface area contributed by atoms with Gasteiger partial charge in [-0.15, -0.1) is 0 Å². The predicted octanol–water partition coefficient (Wildman–Crippen LogP) is 3.56. The Morgan fingerprint density at radius 2 is 1.94 bits per heavy atom. The molecule has 0 radical (unpaired) electrons. The smallest absolute Gasteiger partial charge is 0.372 e. The van der Waals surface area contributed by atoms with Crippen molar-refractivity contribution in [3.05, 3.63) is 23.3 Å². The fourth-order valence-electron chi connectivity index (χ4n) is 1.24. The van der Waals surface area contributed by atoms with Crippen LogP contribution in [0.3, 0.4) is 0 Å². The van der Waals surface area contributed by atoms with Crippen LogP contribution in [0.2, 0.25) is 0 Å². The van der Waals surface area contributed by atoms with Gasteiger partial charge in [-0.3, -0.25) is 0 Å². The number of benzene rings is 1. The van der Waals surface area contributed by atoms with Crippen LogP contribution in [0.1, 0.15) is 18.1 Å². The molecule has 1 aromatic rings. The van der Waals surface area contributed by atoms with Gasteiger partial charge in [0.25, 0.3) is 0 Å². The maximum atomic E-state index is 11.4. The molecule has 88 valence electrons. The topological polar surface area (TPSA) is 35.5 Å². The van der Waals surface area contributed by atoms with E-state index in [0.717, 1.165) is 27.8 Å². The molecule has 0 bridgehead atoms. The largest absolute Gasteiger partial charge is 0.496 e. The molecule has 0 saturated carbocycles. The molecule has 1 rings (SSSR count). The highest BCUT2D eigenvalue weighted by molar-refractivity contribution is 8.13. The molecule has 0 aliphatic carbocycles. The second-order valence-electron chi connectivity index (χ2n) is 3.37. The van der Waals surface area contributed by atoms with Gasteiger partial charge in [0, 0.05) is 0 Å². The molecule has 0 amide bonds. The lowest BCUT2D eigenvalue weighted by atomic mass is 10.1. The molecule has 16 heavy (non-hydrogen) atoms. The summed E-state index contributed by atoms with van der Waals surface area (Å²) in [7, 11) is 1.60. The third-order valence-corrected chi connectivity index (χ3v) is 3.06. The molecule has 0 aliphatic rings. The Bertz CT molecular complexity index is 388. The Kier molecular flexibility index (Phi) is 4.68. The van der Waals surface area contributed by atoms with Gasteiger partial charge in [0.2, 0.25) is 0 Å². The summed E-state index contributed by atoms with van der Waals surface area (Å²) in [6.07, 6.45) is 0. The van der Waals surface area contributed by atoms with Crippen LogP contribution in [0.5, 0.6) is 5.75 Å². The highest BCUT2D eigenvalue weighted by atomic mass is 32.2. The van der Waals surface area contributed by atoms with Crippen LogP contribution in [0.15, 0.2) is 17.0 Å². The molecule has 0 spiro atoms. The van der Waals surface area contributed by atoms with Crippen molar-refractivity contribution in [2.75, 3.05) is 13.7 Å². The van der Waals surface area contributed by atoms with Gasteiger partial charge in [0.05, 0.1) is 18.6 Å². The minimum atomic E-state index is -0.302. The fraction of sp³-hybridized carbons (Fsp3) is 0.417. The Hall–Kier alpha value is -1.16. The molecule has 0 atom stereocenters. The van der Waals surface area contributed by atoms with Crippen molar-refractivity contribution in [3.8, 4) is 5.75 Å². The van der Waals surface area contributed by atoms with Crippen molar-refractivity contribution in [2.45, 2.75) is 25.7 Å². The first-order chi connectivity index (χ1) is 7.58. The highest BCUT2D eigenvalue weighted by Gasteiger charge is 2.12. The number of thioether (sulfide) groups is 1. The first-order valence-electron chi connectivity index (χ1n) is 5.08. The first-order valence-corrected chi connectivity index (χ1v) is 5.90. The van der Waals surface area contributed by atoms with Gasteiger partial charge >= 0.3 is 5.30 Å². The van der Waals surface area contributed by atoms with Gasteiger partial charge in [-0.05, 0) is 55.8 Å². The number of aryl methyl sites for hydroxylation is 2. The average Bonchev–Trinajstić information content (AvgIpc) is 2.23. The van der Waals surface area contributed by atoms with Crippen molar-refractivity contribution in [3.63, 3.8) is 0 Å². The quantitative estimate of drug-likeness (QED) is 0.598. The lowest BCUT2D eigenvalue weighted by Crippen LogP contribution is -1.98. The zero-order chi connectivity index (χ0) is 12.1.